The molecule has 1 aromatic heterocycles. The first kappa shape index (κ1) is 19.0. The number of nitrogens with zero attached hydrogens (tertiary/aromatic N) is 1. The van der Waals surface area contributed by atoms with Crippen molar-refractivity contribution in [1.29, 1.82) is 0 Å². The minimum Gasteiger partial charge on any atom is -0.298 e. The van der Waals surface area contributed by atoms with Gasteiger partial charge in [-0.15, -0.1) is 11.3 Å². The summed E-state index contributed by atoms with van der Waals surface area (Å²) in [7, 11) is 0. The van der Waals surface area contributed by atoms with Crippen LogP contribution >= 0.6 is 11.3 Å². The van der Waals surface area contributed by atoms with E-state index in [2.05, 4.69) is 10.3 Å². The van der Waals surface area contributed by atoms with Crippen molar-refractivity contribution in [3.8, 4) is 0 Å². The van der Waals surface area contributed by atoms with Gasteiger partial charge in [0, 0.05) is 23.6 Å². The van der Waals surface area contributed by atoms with E-state index in [-0.39, 0.29) is 10.7 Å². The third-order valence-electron chi connectivity index (χ3n) is 3.61. The van der Waals surface area contributed by atoms with Crippen LogP contribution in [-0.4, -0.2) is 10.9 Å². The lowest BCUT2D eigenvalue weighted by molar-refractivity contribution is -0.137. The molecule has 0 unspecified atom stereocenters. The molecule has 3 aromatic rings. The van der Waals surface area contributed by atoms with Crippen molar-refractivity contribution < 1.29 is 26.7 Å². The van der Waals surface area contributed by atoms with Crippen LogP contribution < -0.4 is 5.32 Å². The van der Waals surface area contributed by atoms with E-state index in [0.29, 0.717) is 22.9 Å². The molecular weight excluding hydrogens is 387 g/mol. The largest absolute Gasteiger partial charge is 0.416 e. The van der Waals surface area contributed by atoms with Gasteiger partial charge in [0.2, 0.25) is 0 Å². The highest BCUT2D eigenvalue weighted by atomic mass is 32.1. The van der Waals surface area contributed by atoms with Gasteiger partial charge in [-0.1, -0.05) is 12.1 Å². The third-order valence-corrected chi connectivity index (χ3v) is 4.52. The fraction of sp³-hybridized carbons (Fsp3) is 0.111. The number of halogens is 5. The van der Waals surface area contributed by atoms with Crippen molar-refractivity contribution >= 4 is 22.4 Å². The summed E-state index contributed by atoms with van der Waals surface area (Å²) >= 11 is 1.11. The predicted octanol–water partition coefficient (Wildman–Crippen LogP) is 5.28. The second-order valence-corrected chi connectivity index (χ2v) is 6.70. The van der Waals surface area contributed by atoms with E-state index in [4.69, 9.17) is 0 Å². The molecule has 0 fully saturated rings. The molecule has 140 valence electrons. The van der Waals surface area contributed by atoms with Gasteiger partial charge in [-0.3, -0.25) is 10.1 Å². The maximum Gasteiger partial charge on any atom is 0.416 e. The lowest BCUT2D eigenvalue weighted by atomic mass is 10.1. The molecule has 1 N–H and O–H groups in total. The van der Waals surface area contributed by atoms with Crippen molar-refractivity contribution in [2.75, 3.05) is 5.32 Å². The normalized spacial score (nSPS) is 11.4. The number of carbonyl (C=O) groups excluding carboxylic acids is 1. The van der Waals surface area contributed by atoms with Crippen LogP contribution in [0.3, 0.4) is 0 Å². The Hall–Kier alpha value is -2.81. The van der Waals surface area contributed by atoms with Gasteiger partial charge in [0.15, 0.2) is 5.13 Å². The Morgan fingerprint density at radius 3 is 2.41 bits per heavy atom. The summed E-state index contributed by atoms with van der Waals surface area (Å²) in [4.78, 5) is 16.7. The lowest BCUT2D eigenvalue weighted by Crippen LogP contribution is -2.13. The molecule has 0 aliphatic rings. The zero-order valence-corrected chi connectivity index (χ0v) is 14.3. The zero-order valence-electron chi connectivity index (χ0n) is 13.5. The minimum atomic E-state index is -4.39. The van der Waals surface area contributed by atoms with Crippen molar-refractivity contribution in [3.05, 3.63) is 81.9 Å². The van der Waals surface area contributed by atoms with Crippen LogP contribution in [0.25, 0.3) is 0 Å². The number of hydrogen-bond acceptors (Lipinski definition) is 3. The summed E-state index contributed by atoms with van der Waals surface area (Å²) in [5.41, 5.74) is -0.408. The molecule has 0 spiro atoms. The van der Waals surface area contributed by atoms with Crippen LogP contribution in [0.2, 0.25) is 0 Å². The van der Waals surface area contributed by atoms with Gasteiger partial charge in [-0.2, -0.15) is 13.2 Å². The Morgan fingerprint density at radius 1 is 1.07 bits per heavy atom. The van der Waals surface area contributed by atoms with E-state index >= 15 is 0 Å². The van der Waals surface area contributed by atoms with Crippen molar-refractivity contribution in [2.45, 2.75) is 12.6 Å². The summed E-state index contributed by atoms with van der Waals surface area (Å²) in [6.07, 6.45) is -2.59. The standard InChI is InChI=1S/C18H11F5N2OS/c19-12-5-6-14(15(20)8-12)16(26)25-17-24-9-13(27-17)7-10-1-3-11(4-2-10)18(21,22)23/h1-6,8-9H,7H2,(H,24,25,26). The minimum absolute atomic E-state index is 0.200. The van der Waals surface area contributed by atoms with Crippen LogP contribution in [0.5, 0.6) is 0 Å². The Morgan fingerprint density at radius 2 is 1.78 bits per heavy atom. The number of nitrogens with one attached hydrogen (secondary N) is 1. The molecule has 0 saturated carbocycles. The van der Waals surface area contributed by atoms with Gasteiger partial charge in [-0.05, 0) is 29.8 Å². The molecule has 3 nitrogen and oxygen atoms in total. The Balaban J connectivity index is 1.67. The molecule has 0 bridgehead atoms. The van der Waals surface area contributed by atoms with Crippen molar-refractivity contribution in [3.63, 3.8) is 0 Å². The summed E-state index contributed by atoms with van der Waals surface area (Å²) in [6, 6.07) is 7.33. The number of benzene rings is 2. The molecule has 0 atom stereocenters. The molecule has 1 amide bonds. The molecule has 0 aliphatic heterocycles. The molecular formula is C18H11F5N2OS. The van der Waals surface area contributed by atoms with Gasteiger partial charge >= 0.3 is 6.18 Å². The lowest BCUT2D eigenvalue weighted by Gasteiger charge is -2.06. The maximum absolute atomic E-state index is 13.6. The van der Waals surface area contributed by atoms with Gasteiger partial charge in [0.25, 0.3) is 5.91 Å². The van der Waals surface area contributed by atoms with E-state index in [1.807, 2.05) is 0 Å². The van der Waals surface area contributed by atoms with Gasteiger partial charge in [-0.25, -0.2) is 13.8 Å². The Bertz CT molecular complexity index is 967. The molecule has 0 radical (unpaired) electrons. The van der Waals surface area contributed by atoms with Crippen molar-refractivity contribution in [1.82, 2.24) is 4.98 Å². The van der Waals surface area contributed by atoms with E-state index in [0.717, 1.165) is 35.6 Å². The average molecular weight is 398 g/mol. The number of aromatic nitrogens is 1. The molecule has 9 heteroatoms. The number of hydrogen-bond donors (Lipinski definition) is 1. The van der Waals surface area contributed by atoms with Crippen molar-refractivity contribution in [2.24, 2.45) is 0 Å². The monoisotopic (exact) mass is 398 g/mol. The number of rotatable bonds is 4. The number of anilines is 1. The SMILES string of the molecule is O=C(Nc1ncc(Cc2ccc(C(F)(F)F)cc2)s1)c1ccc(F)cc1F. The highest BCUT2D eigenvalue weighted by molar-refractivity contribution is 7.15. The summed E-state index contributed by atoms with van der Waals surface area (Å²) in [5.74, 6) is -2.56. The van der Waals surface area contributed by atoms with Crippen LogP contribution in [0.1, 0.15) is 26.4 Å². The zero-order chi connectivity index (χ0) is 19.6. The van der Waals surface area contributed by atoms with E-state index in [1.165, 1.54) is 18.3 Å². The first-order chi connectivity index (χ1) is 12.7. The van der Waals surface area contributed by atoms with Crippen LogP contribution in [0.4, 0.5) is 27.1 Å². The summed E-state index contributed by atoms with van der Waals surface area (Å²) < 4.78 is 64.2. The van der Waals surface area contributed by atoms with Crippen LogP contribution in [-0.2, 0) is 12.6 Å². The number of alkyl halides is 3. The highest BCUT2D eigenvalue weighted by Crippen LogP contribution is 2.30. The number of carbonyl (C=O) groups is 1. The van der Waals surface area contributed by atoms with Gasteiger partial charge < -0.3 is 0 Å². The topological polar surface area (TPSA) is 42.0 Å². The highest BCUT2D eigenvalue weighted by Gasteiger charge is 2.29. The van der Waals surface area contributed by atoms with Crippen LogP contribution in [0.15, 0.2) is 48.7 Å². The average Bonchev–Trinajstić information content (AvgIpc) is 3.01. The smallest absolute Gasteiger partial charge is 0.298 e. The van der Waals surface area contributed by atoms with Gasteiger partial charge in [0.1, 0.15) is 11.6 Å². The van der Waals surface area contributed by atoms with E-state index in [9.17, 15) is 26.7 Å². The van der Waals surface area contributed by atoms with Gasteiger partial charge in [0.05, 0.1) is 11.1 Å². The predicted molar refractivity (Wildman–Crippen MR) is 90.7 cm³/mol. The second-order valence-electron chi connectivity index (χ2n) is 5.58. The fourth-order valence-electron chi connectivity index (χ4n) is 2.30. The van der Waals surface area contributed by atoms with E-state index in [1.54, 1.807) is 0 Å². The molecule has 0 saturated heterocycles. The molecule has 2 aromatic carbocycles. The third kappa shape index (κ3) is 4.68. The Kier molecular flexibility index (Phi) is 5.22. The Labute approximate surface area is 154 Å². The number of thiazole rings is 1. The fourth-order valence-corrected chi connectivity index (χ4v) is 3.14. The first-order valence-corrected chi connectivity index (χ1v) is 8.41. The molecule has 0 aliphatic carbocycles. The quantitative estimate of drug-likeness (QED) is 0.608. The summed E-state index contributed by atoms with van der Waals surface area (Å²) in [6.45, 7) is 0. The van der Waals surface area contributed by atoms with E-state index < -0.39 is 29.3 Å². The van der Waals surface area contributed by atoms with Crippen LogP contribution in [0, 0.1) is 11.6 Å². The molecule has 27 heavy (non-hydrogen) atoms. The molecule has 1 heterocycles. The summed E-state index contributed by atoms with van der Waals surface area (Å²) in [5, 5.41) is 2.61. The molecule has 3 rings (SSSR count). The first-order valence-electron chi connectivity index (χ1n) is 7.59. The second kappa shape index (κ2) is 7.43. The maximum atomic E-state index is 13.6. The number of amides is 1.